The molecular formula is C28H37N3O4. The van der Waals surface area contributed by atoms with Crippen LogP contribution in [0.1, 0.15) is 37.3 Å². The first-order chi connectivity index (χ1) is 16.9. The molecule has 0 radical (unpaired) electrons. The summed E-state index contributed by atoms with van der Waals surface area (Å²) in [7, 11) is 3.22. The van der Waals surface area contributed by atoms with Gasteiger partial charge < -0.3 is 19.7 Å². The molecule has 2 aromatic carbocycles. The van der Waals surface area contributed by atoms with Gasteiger partial charge in [0.25, 0.3) is 0 Å². The molecule has 1 N–H and O–H groups in total. The maximum absolute atomic E-state index is 12.8. The molecule has 2 aromatic rings. The number of ether oxygens (including phenoxy) is 2. The van der Waals surface area contributed by atoms with Gasteiger partial charge in [0.2, 0.25) is 11.8 Å². The van der Waals surface area contributed by atoms with Crippen LogP contribution in [0.25, 0.3) is 0 Å². The average molecular weight is 480 g/mol. The lowest BCUT2D eigenvalue weighted by molar-refractivity contribution is -0.128. The van der Waals surface area contributed by atoms with Crippen LogP contribution < -0.4 is 14.8 Å². The summed E-state index contributed by atoms with van der Waals surface area (Å²) < 4.78 is 10.6. The molecule has 0 aromatic heterocycles. The Kier molecular flexibility index (Phi) is 8.29. The van der Waals surface area contributed by atoms with Gasteiger partial charge in [-0.2, -0.15) is 0 Å². The van der Waals surface area contributed by atoms with E-state index in [1.165, 1.54) is 18.4 Å². The minimum absolute atomic E-state index is 0.0248. The van der Waals surface area contributed by atoms with Gasteiger partial charge in [-0.1, -0.05) is 25.1 Å². The van der Waals surface area contributed by atoms with Gasteiger partial charge in [0.15, 0.2) is 11.5 Å². The fraction of sp³-hybridized carbons (Fsp3) is 0.500. The number of methoxy groups -OCH3 is 2. The van der Waals surface area contributed by atoms with Crippen molar-refractivity contribution in [2.45, 2.75) is 39.2 Å². The molecule has 0 saturated carbocycles. The number of likely N-dealkylation sites (tertiary alicyclic amines) is 2. The quantitative estimate of drug-likeness (QED) is 0.589. The Hall–Kier alpha value is -3.06. The highest BCUT2D eigenvalue weighted by Crippen LogP contribution is 2.28. The predicted octanol–water partition coefficient (Wildman–Crippen LogP) is 3.97. The van der Waals surface area contributed by atoms with Crippen LogP contribution in [0.2, 0.25) is 0 Å². The van der Waals surface area contributed by atoms with E-state index in [2.05, 4.69) is 29.3 Å². The summed E-state index contributed by atoms with van der Waals surface area (Å²) in [6, 6.07) is 13.9. The van der Waals surface area contributed by atoms with Crippen molar-refractivity contribution in [3.63, 3.8) is 0 Å². The summed E-state index contributed by atoms with van der Waals surface area (Å²) in [6.07, 6.45) is 3.47. The number of rotatable bonds is 9. The number of anilines is 1. The molecule has 7 heteroatoms. The number of amides is 2. The molecule has 2 heterocycles. The van der Waals surface area contributed by atoms with Gasteiger partial charge in [-0.15, -0.1) is 0 Å². The third-order valence-electron chi connectivity index (χ3n) is 7.21. The molecule has 0 bridgehead atoms. The number of nitrogens with one attached hydrogen (secondary N) is 1. The van der Waals surface area contributed by atoms with Crippen molar-refractivity contribution in [2.24, 2.45) is 11.8 Å². The van der Waals surface area contributed by atoms with E-state index in [1.807, 2.05) is 30.3 Å². The molecule has 4 rings (SSSR count). The van der Waals surface area contributed by atoms with E-state index in [0.29, 0.717) is 31.0 Å². The number of benzene rings is 2. The molecule has 1 atom stereocenters. The zero-order valence-electron chi connectivity index (χ0n) is 21.1. The molecule has 0 unspecified atom stereocenters. The Labute approximate surface area is 208 Å². The Morgan fingerprint density at radius 1 is 1.00 bits per heavy atom. The Bertz CT molecular complexity index is 1020. The summed E-state index contributed by atoms with van der Waals surface area (Å²) in [5.74, 6) is 1.78. The summed E-state index contributed by atoms with van der Waals surface area (Å²) >= 11 is 0. The van der Waals surface area contributed by atoms with Gasteiger partial charge in [-0.05, 0) is 73.7 Å². The number of hydrogen-bond donors (Lipinski definition) is 1. The second kappa shape index (κ2) is 11.6. The normalized spacial score (nSPS) is 19.1. The fourth-order valence-electron chi connectivity index (χ4n) is 4.88. The SMILES string of the molecule is COc1ccc(CCN2C[C@@H](C(=O)Nc3ccc(CN4CCC(C)CC4)cc3)CC2=O)cc1OC. The van der Waals surface area contributed by atoms with Crippen LogP contribution in [0.5, 0.6) is 11.5 Å². The van der Waals surface area contributed by atoms with Crippen LogP contribution in [0.15, 0.2) is 42.5 Å². The van der Waals surface area contributed by atoms with Crippen LogP contribution >= 0.6 is 0 Å². The molecule has 188 valence electrons. The maximum Gasteiger partial charge on any atom is 0.229 e. The van der Waals surface area contributed by atoms with E-state index in [4.69, 9.17) is 9.47 Å². The number of hydrogen-bond acceptors (Lipinski definition) is 5. The molecule has 0 aliphatic carbocycles. The number of carbonyl (C=O) groups is 2. The van der Waals surface area contributed by atoms with E-state index < -0.39 is 0 Å². The van der Waals surface area contributed by atoms with Crippen LogP contribution in [0.3, 0.4) is 0 Å². The minimum Gasteiger partial charge on any atom is -0.493 e. The van der Waals surface area contributed by atoms with E-state index in [9.17, 15) is 9.59 Å². The standard InChI is InChI=1S/C28H37N3O4/c1-20-10-13-30(14-11-20)18-22-4-7-24(8-5-22)29-28(33)23-17-27(32)31(19-23)15-12-21-6-9-25(34-2)26(16-21)35-3/h4-9,16,20,23H,10-15,17-19H2,1-3H3,(H,29,33)/t23-/m0/s1. The van der Waals surface area contributed by atoms with E-state index in [-0.39, 0.29) is 24.2 Å². The topological polar surface area (TPSA) is 71.1 Å². The van der Waals surface area contributed by atoms with Crippen LogP contribution in [0.4, 0.5) is 5.69 Å². The van der Waals surface area contributed by atoms with Crippen molar-refractivity contribution < 1.29 is 19.1 Å². The van der Waals surface area contributed by atoms with Gasteiger partial charge >= 0.3 is 0 Å². The first-order valence-corrected chi connectivity index (χ1v) is 12.6. The largest absolute Gasteiger partial charge is 0.493 e. The second-order valence-corrected chi connectivity index (χ2v) is 9.82. The van der Waals surface area contributed by atoms with Crippen molar-refractivity contribution in [2.75, 3.05) is 45.7 Å². The third-order valence-corrected chi connectivity index (χ3v) is 7.21. The van der Waals surface area contributed by atoms with E-state index >= 15 is 0 Å². The van der Waals surface area contributed by atoms with Gasteiger partial charge in [-0.3, -0.25) is 14.5 Å². The lowest BCUT2D eigenvalue weighted by atomic mass is 9.99. The zero-order valence-corrected chi connectivity index (χ0v) is 21.1. The van der Waals surface area contributed by atoms with Crippen molar-refractivity contribution in [3.8, 4) is 11.5 Å². The third kappa shape index (κ3) is 6.54. The molecule has 2 saturated heterocycles. The zero-order chi connectivity index (χ0) is 24.8. The highest BCUT2D eigenvalue weighted by molar-refractivity contribution is 5.97. The molecule has 2 aliphatic heterocycles. The smallest absolute Gasteiger partial charge is 0.229 e. The van der Waals surface area contributed by atoms with Gasteiger partial charge in [0.05, 0.1) is 20.1 Å². The van der Waals surface area contributed by atoms with Gasteiger partial charge in [-0.25, -0.2) is 0 Å². The Morgan fingerprint density at radius 2 is 1.69 bits per heavy atom. The molecule has 2 amide bonds. The number of nitrogens with zero attached hydrogens (tertiary/aromatic N) is 2. The Morgan fingerprint density at radius 3 is 2.37 bits per heavy atom. The molecule has 7 nitrogen and oxygen atoms in total. The van der Waals surface area contributed by atoms with Crippen molar-refractivity contribution in [1.82, 2.24) is 9.80 Å². The highest BCUT2D eigenvalue weighted by Gasteiger charge is 2.34. The molecule has 2 fully saturated rings. The van der Waals surface area contributed by atoms with Crippen LogP contribution in [-0.4, -0.2) is 62.0 Å². The maximum atomic E-state index is 12.8. The van der Waals surface area contributed by atoms with E-state index in [1.54, 1.807) is 19.1 Å². The summed E-state index contributed by atoms with van der Waals surface area (Å²) in [6.45, 7) is 6.60. The summed E-state index contributed by atoms with van der Waals surface area (Å²) in [5, 5.41) is 3.00. The molecule has 35 heavy (non-hydrogen) atoms. The molecule has 2 aliphatic rings. The van der Waals surface area contributed by atoms with Gasteiger partial charge in [0, 0.05) is 31.7 Å². The van der Waals surface area contributed by atoms with Crippen LogP contribution in [-0.2, 0) is 22.6 Å². The Balaban J connectivity index is 1.25. The number of carbonyl (C=O) groups excluding carboxylic acids is 2. The number of piperidine rings is 1. The van der Waals surface area contributed by atoms with Crippen LogP contribution in [0, 0.1) is 11.8 Å². The van der Waals surface area contributed by atoms with Crippen molar-refractivity contribution in [3.05, 3.63) is 53.6 Å². The first-order valence-electron chi connectivity index (χ1n) is 12.6. The predicted molar refractivity (Wildman–Crippen MR) is 137 cm³/mol. The van der Waals surface area contributed by atoms with Crippen molar-refractivity contribution >= 4 is 17.5 Å². The minimum atomic E-state index is -0.331. The van der Waals surface area contributed by atoms with E-state index in [0.717, 1.165) is 36.8 Å². The average Bonchev–Trinajstić information content (AvgIpc) is 3.25. The molecular weight excluding hydrogens is 442 g/mol. The highest BCUT2D eigenvalue weighted by atomic mass is 16.5. The van der Waals surface area contributed by atoms with Crippen molar-refractivity contribution in [1.29, 1.82) is 0 Å². The monoisotopic (exact) mass is 479 g/mol. The summed E-state index contributed by atoms with van der Waals surface area (Å²) in [5.41, 5.74) is 3.10. The van der Waals surface area contributed by atoms with Gasteiger partial charge in [0.1, 0.15) is 0 Å². The fourth-order valence-corrected chi connectivity index (χ4v) is 4.88. The lowest BCUT2D eigenvalue weighted by Crippen LogP contribution is -2.32. The first kappa shape index (κ1) is 25.0. The summed E-state index contributed by atoms with van der Waals surface area (Å²) in [4.78, 5) is 29.7. The second-order valence-electron chi connectivity index (χ2n) is 9.82. The molecule has 0 spiro atoms. The lowest BCUT2D eigenvalue weighted by Gasteiger charge is -2.30.